The number of fused-ring (bicyclic) bond motifs is 1. The Labute approximate surface area is 242 Å². The first kappa shape index (κ1) is 28.6. The van der Waals surface area contributed by atoms with E-state index < -0.39 is 0 Å². The molecule has 1 saturated carbocycles. The van der Waals surface area contributed by atoms with Gasteiger partial charge in [-0.15, -0.1) is 0 Å². The van der Waals surface area contributed by atoms with E-state index in [0.717, 1.165) is 57.4 Å². The number of aryl methyl sites for hydroxylation is 1. The van der Waals surface area contributed by atoms with Gasteiger partial charge in [0.1, 0.15) is 23.4 Å². The molecule has 0 spiro atoms. The van der Waals surface area contributed by atoms with E-state index in [-0.39, 0.29) is 23.5 Å². The smallest absolute Gasteiger partial charge is 0.229 e. The van der Waals surface area contributed by atoms with Crippen LogP contribution < -0.4 is 14.4 Å². The Balaban J connectivity index is 1.43. The van der Waals surface area contributed by atoms with Gasteiger partial charge in [0.05, 0.1) is 19.8 Å². The van der Waals surface area contributed by atoms with Crippen LogP contribution in [0.5, 0.6) is 11.5 Å². The molecule has 1 fully saturated rings. The number of methoxy groups -OCH3 is 1. The van der Waals surface area contributed by atoms with Gasteiger partial charge in [0.25, 0.3) is 0 Å². The minimum Gasteiger partial charge on any atom is -0.496 e. The summed E-state index contributed by atoms with van der Waals surface area (Å²) in [5, 5.41) is 11.7. The topological polar surface area (TPSA) is 71.9 Å². The Hall–Kier alpha value is -3.90. The maximum absolute atomic E-state index is 13.7. The van der Waals surface area contributed by atoms with Gasteiger partial charge in [0, 0.05) is 24.4 Å². The Morgan fingerprint density at radius 2 is 1.76 bits per heavy atom. The molecule has 3 aromatic carbocycles. The first-order valence-corrected chi connectivity index (χ1v) is 14.4. The van der Waals surface area contributed by atoms with Gasteiger partial charge in [-0.2, -0.15) is 0 Å². The molecule has 2 unspecified atom stereocenters. The Bertz CT molecular complexity index is 1520. The predicted octanol–water partition coefficient (Wildman–Crippen LogP) is 7.48. The summed E-state index contributed by atoms with van der Waals surface area (Å²) in [6.07, 6.45) is 4.19. The van der Waals surface area contributed by atoms with Crippen LogP contribution in [0.25, 0.3) is 21.9 Å². The highest BCUT2D eigenvalue weighted by Gasteiger charge is 2.26. The van der Waals surface area contributed by atoms with Crippen LogP contribution in [0.15, 0.2) is 72.9 Å². The van der Waals surface area contributed by atoms with Crippen LogP contribution in [0.3, 0.4) is 0 Å². The molecule has 5 rings (SSSR count). The second-order valence-electron chi connectivity index (χ2n) is 12.3. The van der Waals surface area contributed by atoms with Crippen molar-refractivity contribution < 1.29 is 19.4 Å². The largest absolute Gasteiger partial charge is 0.496 e. The zero-order valence-electron chi connectivity index (χ0n) is 24.7. The van der Waals surface area contributed by atoms with Gasteiger partial charge >= 0.3 is 0 Å². The number of ether oxygens (including phenoxy) is 2. The van der Waals surface area contributed by atoms with Crippen LogP contribution in [-0.4, -0.2) is 35.3 Å². The quantitative estimate of drug-likeness (QED) is 0.245. The molecule has 0 aliphatic heterocycles. The number of hydrogen-bond acceptors (Lipinski definition) is 5. The van der Waals surface area contributed by atoms with E-state index in [9.17, 15) is 9.90 Å². The number of anilines is 1. The van der Waals surface area contributed by atoms with Crippen LogP contribution in [0, 0.1) is 12.3 Å². The number of carbonyl (C=O) groups is 1. The summed E-state index contributed by atoms with van der Waals surface area (Å²) in [4.78, 5) is 20.3. The van der Waals surface area contributed by atoms with E-state index in [2.05, 4.69) is 57.2 Å². The van der Waals surface area contributed by atoms with Crippen LogP contribution in [0.1, 0.15) is 57.6 Å². The Morgan fingerprint density at radius 1 is 1.00 bits per heavy atom. The van der Waals surface area contributed by atoms with Gasteiger partial charge < -0.3 is 14.6 Å². The number of amides is 1. The molecule has 214 valence electrons. The Morgan fingerprint density at radius 3 is 2.41 bits per heavy atom. The van der Waals surface area contributed by atoms with Crippen molar-refractivity contribution >= 4 is 22.5 Å². The van der Waals surface area contributed by atoms with Gasteiger partial charge in [-0.1, -0.05) is 51.1 Å². The molecule has 1 heterocycles. The van der Waals surface area contributed by atoms with E-state index in [1.54, 1.807) is 13.3 Å². The summed E-state index contributed by atoms with van der Waals surface area (Å²) in [7, 11) is 1.68. The third-order valence-electron chi connectivity index (χ3n) is 7.64. The number of nitrogens with zero attached hydrogens (tertiary/aromatic N) is 2. The van der Waals surface area contributed by atoms with Crippen molar-refractivity contribution in [2.45, 2.75) is 72.1 Å². The van der Waals surface area contributed by atoms with Crippen molar-refractivity contribution in [2.24, 2.45) is 5.41 Å². The molecule has 1 aromatic heterocycles. The lowest BCUT2D eigenvalue weighted by Crippen LogP contribution is -2.34. The fraction of sp³-hybridized carbons (Fsp3) is 0.371. The van der Waals surface area contributed by atoms with Crippen LogP contribution >= 0.6 is 0 Å². The lowest BCUT2D eigenvalue weighted by molar-refractivity contribution is -0.120. The summed E-state index contributed by atoms with van der Waals surface area (Å²) in [5.41, 5.74) is 4.18. The molecule has 6 heteroatoms. The van der Waals surface area contributed by atoms with Gasteiger partial charge in [0.15, 0.2) is 0 Å². The normalized spacial score (nSPS) is 17.0. The van der Waals surface area contributed by atoms with Crippen molar-refractivity contribution in [3.63, 3.8) is 0 Å². The van der Waals surface area contributed by atoms with Crippen molar-refractivity contribution in [1.29, 1.82) is 0 Å². The highest BCUT2D eigenvalue weighted by atomic mass is 16.5. The number of aliphatic hydroxyl groups is 1. The number of pyridine rings is 1. The first-order chi connectivity index (χ1) is 19.6. The third-order valence-corrected chi connectivity index (χ3v) is 7.64. The predicted molar refractivity (Wildman–Crippen MR) is 164 cm³/mol. The van der Waals surface area contributed by atoms with Gasteiger partial charge in [-0.25, -0.2) is 4.98 Å². The number of aliphatic hydroxyl groups excluding tert-OH is 1. The fourth-order valence-corrected chi connectivity index (χ4v) is 5.52. The van der Waals surface area contributed by atoms with Crippen LogP contribution in [-0.2, 0) is 11.3 Å². The molecular formula is C35H40N2O4. The molecule has 1 aliphatic carbocycles. The van der Waals surface area contributed by atoms with E-state index in [1.807, 2.05) is 42.2 Å². The summed E-state index contributed by atoms with van der Waals surface area (Å²) < 4.78 is 11.6. The molecular weight excluding hydrogens is 512 g/mol. The Kier molecular flexibility index (Phi) is 8.32. The van der Waals surface area contributed by atoms with E-state index in [0.29, 0.717) is 25.2 Å². The highest BCUT2D eigenvalue weighted by Crippen LogP contribution is 2.33. The number of rotatable bonds is 8. The standard InChI is InChI=1S/C35H40N2O4/c1-23-18-26(10-15-32(23)40-5)25-8-6-24(7-9-25)22-37(33(39)21-35(2,3)4)34-31-14-13-29(19-27(31)16-17-36-34)41-30-12-11-28(38)20-30/h6-10,13-19,28,30,38H,11-12,20-22H2,1-5H3. The summed E-state index contributed by atoms with van der Waals surface area (Å²) in [5.74, 6) is 2.32. The molecule has 2 atom stereocenters. The first-order valence-electron chi connectivity index (χ1n) is 14.4. The number of hydrogen-bond donors (Lipinski definition) is 1. The monoisotopic (exact) mass is 552 g/mol. The molecule has 1 aliphatic rings. The molecule has 1 amide bonds. The number of aromatic nitrogens is 1. The van der Waals surface area contributed by atoms with E-state index in [1.165, 1.54) is 0 Å². The fourth-order valence-electron chi connectivity index (χ4n) is 5.52. The molecule has 4 aromatic rings. The van der Waals surface area contributed by atoms with Gasteiger partial charge in [0.2, 0.25) is 5.91 Å². The van der Waals surface area contributed by atoms with Crippen LogP contribution in [0.2, 0.25) is 0 Å². The lowest BCUT2D eigenvalue weighted by Gasteiger charge is -2.27. The SMILES string of the molecule is COc1ccc(-c2ccc(CN(C(=O)CC(C)(C)C)c3nccc4cc(OC5CCC(O)C5)ccc34)cc2)cc1C. The zero-order valence-corrected chi connectivity index (χ0v) is 24.7. The zero-order chi connectivity index (χ0) is 29.1. The van der Waals surface area contributed by atoms with Crippen molar-refractivity contribution in [3.8, 4) is 22.6 Å². The second-order valence-corrected chi connectivity index (χ2v) is 12.3. The molecule has 6 nitrogen and oxygen atoms in total. The number of carbonyl (C=O) groups excluding carboxylic acids is 1. The van der Waals surface area contributed by atoms with Gasteiger partial charge in [-0.05, 0) is 89.2 Å². The number of benzene rings is 3. The van der Waals surface area contributed by atoms with Crippen molar-refractivity contribution in [1.82, 2.24) is 4.98 Å². The maximum Gasteiger partial charge on any atom is 0.229 e. The molecule has 0 radical (unpaired) electrons. The minimum atomic E-state index is -0.284. The molecule has 1 N–H and O–H groups in total. The minimum absolute atomic E-state index is 0.0263. The lowest BCUT2D eigenvalue weighted by atomic mass is 9.91. The molecule has 0 saturated heterocycles. The van der Waals surface area contributed by atoms with Crippen LogP contribution in [0.4, 0.5) is 5.82 Å². The summed E-state index contributed by atoms with van der Waals surface area (Å²) in [6, 6.07) is 22.4. The third kappa shape index (κ3) is 6.88. The van der Waals surface area contributed by atoms with E-state index in [4.69, 9.17) is 14.5 Å². The van der Waals surface area contributed by atoms with Crippen molar-refractivity contribution in [2.75, 3.05) is 12.0 Å². The maximum atomic E-state index is 13.7. The summed E-state index contributed by atoms with van der Waals surface area (Å²) in [6.45, 7) is 8.69. The highest BCUT2D eigenvalue weighted by molar-refractivity contribution is 6.02. The average molecular weight is 553 g/mol. The van der Waals surface area contributed by atoms with E-state index >= 15 is 0 Å². The second kappa shape index (κ2) is 11.9. The average Bonchev–Trinajstić information content (AvgIpc) is 3.34. The summed E-state index contributed by atoms with van der Waals surface area (Å²) >= 11 is 0. The molecule has 41 heavy (non-hydrogen) atoms. The van der Waals surface area contributed by atoms with Crippen molar-refractivity contribution in [3.05, 3.63) is 84.1 Å². The molecule has 0 bridgehead atoms. The van der Waals surface area contributed by atoms with Gasteiger partial charge in [-0.3, -0.25) is 9.69 Å².